The maximum atomic E-state index is 12.2. The number of Topliss-reactive ketones (excluding diaryl/α,β-unsaturated/α-hetero) is 1. The van der Waals surface area contributed by atoms with Crippen molar-refractivity contribution in [3.63, 3.8) is 0 Å². The quantitative estimate of drug-likeness (QED) is 0.746. The molecule has 1 aromatic heterocycles. The van der Waals surface area contributed by atoms with Crippen LogP contribution in [0.1, 0.15) is 20.1 Å². The fourth-order valence-corrected chi connectivity index (χ4v) is 3.32. The van der Waals surface area contributed by atoms with Crippen LogP contribution in [-0.4, -0.2) is 19.5 Å². The zero-order chi connectivity index (χ0) is 14.7. The molecule has 2 rings (SSSR count). The van der Waals surface area contributed by atoms with Gasteiger partial charge in [-0.15, -0.1) is 11.3 Å². The van der Waals surface area contributed by atoms with E-state index in [-0.39, 0.29) is 12.4 Å². The molecule has 0 saturated carbocycles. The van der Waals surface area contributed by atoms with E-state index in [1.807, 2.05) is 32.0 Å². The van der Waals surface area contributed by atoms with E-state index in [1.54, 1.807) is 24.5 Å². The van der Waals surface area contributed by atoms with E-state index in [0.29, 0.717) is 11.5 Å². The van der Waals surface area contributed by atoms with Gasteiger partial charge in [0.05, 0.1) is 11.6 Å². The van der Waals surface area contributed by atoms with Gasteiger partial charge in [0.25, 0.3) is 0 Å². The Bertz CT molecular complexity index is 634. The highest BCUT2D eigenvalue weighted by molar-refractivity contribution is 9.10. The minimum absolute atomic E-state index is 0.00398. The number of halogens is 1. The molecule has 3 nitrogen and oxygen atoms in total. The van der Waals surface area contributed by atoms with Gasteiger partial charge in [-0.1, -0.05) is 6.07 Å². The van der Waals surface area contributed by atoms with Crippen LogP contribution in [-0.2, 0) is 0 Å². The summed E-state index contributed by atoms with van der Waals surface area (Å²) in [6.45, 7) is 3.94. The third kappa shape index (κ3) is 3.22. The highest BCUT2D eigenvalue weighted by atomic mass is 79.9. The Labute approximate surface area is 130 Å². The summed E-state index contributed by atoms with van der Waals surface area (Å²) in [6.07, 6.45) is 0. The number of carbonyl (C=O) groups is 1. The lowest BCUT2D eigenvalue weighted by Gasteiger charge is -2.11. The van der Waals surface area contributed by atoms with Crippen molar-refractivity contribution >= 4 is 33.0 Å². The zero-order valence-corrected chi connectivity index (χ0v) is 13.9. The second-order valence-corrected chi connectivity index (χ2v) is 6.62. The van der Waals surface area contributed by atoms with Crippen LogP contribution in [0.3, 0.4) is 0 Å². The van der Waals surface area contributed by atoms with Crippen LogP contribution in [0.5, 0.6) is 11.5 Å². The SMILES string of the molecule is COc1cccc(Br)c1OCC(=O)c1cc(C)sc1C. The van der Waals surface area contributed by atoms with Crippen molar-refractivity contribution in [3.8, 4) is 11.5 Å². The summed E-state index contributed by atoms with van der Waals surface area (Å²) in [6, 6.07) is 7.40. The first-order valence-electron chi connectivity index (χ1n) is 6.08. The van der Waals surface area contributed by atoms with Crippen LogP contribution in [0.2, 0.25) is 0 Å². The Balaban J connectivity index is 2.13. The van der Waals surface area contributed by atoms with Gasteiger partial charge in [0.2, 0.25) is 5.78 Å². The summed E-state index contributed by atoms with van der Waals surface area (Å²) in [5.74, 6) is 1.13. The lowest BCUT2D eigenvalue weighted by Crippen LogP contribution is -2.12. The van der Waals surface area contributed by atoms with Crippen LogP contribution in [0.15, 0.2) is 28.7 Å². The molecule has 0 aliphatic rings. The molecule has 106 valence electrons. The minimum atomic E-state index is -0.0235. The number of thiophene rings is 1. The summed E-state index contributed by atoms with van der Waals surface area (Å²) >= 11 is 5.02. The molecular weight excluding hydrogens is 340 g/mol. The molecular formula is C15H15BrO3S. The Morgan fingerprint density at radius 2 is 2.10 bits per heavy atom. The lowest BCUT2D eigenvalue weighted by atomic mass is 10.2. The average Bonchev–Trinajstić information content (AvgIpc) is 2.75. The second kappa shape index (κ2) is 6.41. The fourth-order valence-electron chi connectivity index (χ4n) is 1.91. The van der Waals surface area contributed by atoms with Crippen LogP contribution in [0, 0.1) is 13.8 Å². The average molecular weight is 355 g/mol. The van der Waals surface area contributed by atoms with Gasteiger partial charge in [-0.05, 0) is 48.0 Å². The molecule has 20 heavy (non-hydrogen) atoms. The van der Waals surface area contributed by atoms with E-state index in [1.165, 1.54) is 0 Å². The third-order valence-corrected chi connectivity index (χ3v) is 4.43. The number of rotatable bonds is 5. The van der Waals surface area contributed by atoms with Crippen molar-refractivity contribution in [2.45, 2.75) is 13.8 Å². The van der Waals surface area contributed by atoms with Crippen molar-refractivity contribution in [2.75, 3.05) is 13.7 Å². The van der Waals surface area contributed by atoms with Gasteiger partial charge in [-0.2, -0.15) is 0 Å². The van der Waals surface area contributed by atoms with Crippen molar-refractivity contribution < 1.29 is 14.3 Å². The maximum Gasteiger partial charge on any atom is 0.201 e. The topological polar surface area (TPSA) is 35.5 Å². The molecule has 0 atom stereocenters. The van der Waals surface area contributed by atoms with Crippen LogP contribution in [0.25, 0.3) is 0 Å². The molecule has 0 unspecified atom stereocenters. The van der Waals surface area contributed by atoms with Crippen LogP contribution in [0.4, 0.5) is 0 Å². The number of carbonyl (C=O) groups excluding carboxylic acids is 1. The van der Waals surface area contributed by atoms with Gasteiger partial charge in [0.15, 0.2) is 18.1 Å². The highest BCUT2D eigenvalue weighted by Gasteiger charge is 2.15. The van der Waals surface area contributed by atoms with Crippen molar-refractivity contribution in [1.29, 1.82) is 0 Å². The molecule has 0 aliphatic carbocycles. The van der Waals surface area contributed by atoms with Gasteiger partial charge in [-0.25, -0.2) is 0 Å². The molecule has 0 fully saturated rings. The summed E-state index contributed by atoms with van der Waals surface area (Å²) < 4.78 is 11.6. The van der Waals surface area contributed by atoms with E-state index in [9.17, 15) is 4.79 Å². The van der Waals surface area contributed by atoms with E-state index in [0.717, 1.165) is 19.8 Å². The Morgan fingerprint density at radius 1 is 1.35 bits per heavy atom. The predicted octanol–water partition coefficient (Wildman–Crippen LogP) is 4.40. The molecule has 1 heterocycles. The van der Waals surface area contributed by atoms with Gasteiger partial charge in [0.1, 0.15) is 0 Å². The first-order chi connectivity index (χ1) is 9.52. The summed E-state index contributed by atoms with van der Waals surface area (Å²) in [4.78, 5) is 14.3. The Morgan fingerprint density at radius 3 is 2.70 bits per heavy atom. The summed E-state index contributed by atoms with van der Waals surface area (Å²) in [7, 11) is 1.57. The number of hydrogen-bond acceptors (Lipinski definition) is 4. The number of methoxy groups -OCH3 is 1. The second-order valence-electron chi connectivity index (χ2n) is 4.31. The van der Waals surface area contributed by atoms with Crippen LogP contribution >= 0.6 is 27.3 Å². The first kappa shape index (κ1) is 15.1. The largest absolute Gasteiger partial charge is 0.493 e. The minimum Gasteiger partial charge on any atom is -0.493 e. The smallest absolute Gasteiger partial charge is 0.201 e. The van der Waals surface area contributed by atoms with Gasteiger partial charge in [-0.3, -0.25) is 4.79 Å². The van der Waals surface area contributed by atoms with Gasteiger partial charge in [0, 0.05) is 15.3 Å². The number of hydrogen-bond donors (Lipinski definition) is 0. The molecule has 0 amide bonds. The number of ether oxygens (including phenoxy) is 2. The standard InChI is InChI=1S/C15H15BrO3S/c1-9-7-11(10(2)20-9)13(17)8-19-15-12(16)5-4-6-14(15)18-3/h4-7H,8H2,1-3H3. The predicted molar refractivity (Wildman–Crippen MR) is 84.3 cm³/mol. The molecule has 0 aliphatic heterocycles. The monoisotopic (exact) mass is 354 g/mol. The lowest BCUT2D eigenvalue weighted by molar-refractivity contribution is 0.0919. The number of aryl methyl sites for hydroxylation is 2. The fraction of sp³-hybridized carbons (Fsp3) is 0.267. The first-order valence-corrected chi connectivity index (χ1v) is 7.69. The highest BCUT2D eigenvalue weighted by Crippen LogP contribution is 2.35. The zero-order valence-electron chi connectivity index (χ0n) is 11.5. The number of para-hydroxylation sites is 1. The van der Waals surface area contributed by atoms with E-state index < -0.39 is 0 Å². The molecule has 0 spiro atoms. The molecule has 2 aromatic rings. The van der Waals surface area contributed by atoms with Crippen molar-refractivity contribution in [2.24, 2.45) is 0 Å². The summed E-state index contributed by atoms with van der Waals surface area (Å²) in [5, 5.41) is 0. The molecule has 0 radical (unpaired) electrons. The maximum absolute atomic E-state index is 12.2. The molecule has 5 heteroatoms. The molecule has 0 saturated heterocycles. The Hall–Kier alpha value is -1.33. The number of ketones is 1. The summed E-state index contributed by atoms with van der Waals surface area (Å²) in [5.41, 5.74) is 0.735. The van der Waals surface area contributed by atoms with E-state index >= 15 is 0 Å². The molecule has 0 bridgehead atoms. The third-order valence-electron chi connectivity index (χ3n) is 2.84. The van der Waals surface area contributed by atoms with Gasteiger partial charge < -0.3 is 9.47 Å². The van der Waals surface area contributed by atoms with Crippen molar-refractivity contribution in [3.05, 3.63) is 44.1 Å². The Kier molecular flexibility index (Phi) is 4.83. The van der Waals surface area contributed by atoms with E-state index in [4.69, 9.17) is 9.47 Å². The molecule has 1 aromatic carbocycles. The van der Waals surface area contributed by atoms with Crippen LogP contribution < -0.4 is 9.47 Å². The number of benzene rings is 1. The normalized spacial score (nSPS) is 10.4. The van der Waals surface area contributed by atoms with E-state index in [2.05, 4.69) is 15.9 Å². The molecule has 0 N–H and O–H groups in total. The van der Waals surface area contributed by atoms with Gasteiger partial charge >= 0.3 is 0 Å². The van der Waals surface area contributed by atoms with Crippen molar-refractivity contribution in [1.82, 2.24) is 0 Å².